The van der Waals surface area contributed by atoms with Gasteiger partial charge in [0.15, 0.2) is 6.79 Å². The minimum atomic E-state index is -0.731. The third-order valence-electron chi connectivity index (χ3n) is 7.27. The van der Waals surface area contributed by atoms with Crippen molar-refractivity contribution in [3.05, 3.63) is 0 Å². The van der Waals surface area contributed by atoms with E-state index < -0.39 is 24.4 Å². The van der Waals surface area contributed by atoms with Gasteiger partial charge in [0.2, 0.25) is 12.2 Å². The van der Waals surface area contributed by atoms with Crippen LogP contribution in [0.3, 0.4) is 0 Å². The Morgan fingerprint density at radius 3 is 1.35 bits per heavy atom. The Balaban J connectivity index is -0.0000000725. The Labute approximate surface area is 418 Å². The number of nitrogens with one attached hydrogen (secondary N) is 2. The number of alkyl carbamates (subject to hydrolysis) is 2. The molecule has 0 spiro atoms. The third-order valence-corrected chi connectivity index (χ3v) is 7.27. The predicted octanol–water partition coefficient (Wildman–Crippen LogP) is 2.26. The first-order chi connectivity index (χ1) is 30.1. The minimum absolute atomic E-state index is 0. The first kappa shape index (κ1) is 92.0. The molecular formula is C45H108N8O16. The number of nitrogens with zero attached hydrogens (tertiary/aromatic N) is 5. The Hall–Kier alpha value is -3.26. The molecule has 0 aliphatic rings. The number of nitrogens with two attached hydrogens (primary N) is 1. The van der Waals surface area contributed by atoms with Crippen LogP contribution < -0.4 is 16.4 Å². The van der Waals surface area contributed by atoms with E-state index in [-0.39, 0.29) is 104 Å². The summed E-state index contributed by atoms with van der Waals surface area (Å²) in [6.07, 6.45) is 7.97. The van der Waals surface area contributed by atoms with Crippen LogP contribution >= 0.6 is 0 Å². The lowest BCUT2D eigenvalue weighted by Crippen LogP contribution is -2.32. The number of hydrogen-bond donors (Lipinski definition) is 9. The molecule has 0 aromatic rings. The second-order valence-corrected chi connectivity index (χ2v) is 14.0. The molecule has 10 N–H and O–H groups in total. The van der Waals surface area contributed by atoms with E-state index in [0.717, 1.165) is 57.9 Å². The van der Waals surface area contributed by atoms with Crippen LogP contribution in [0.5, 0.6) is 0 Å². The van der Waals surface area contributed by atoms with Crippen molar-refractivity contribution >= 4 is 24.3 Å². The van der Waals surface area contributed by atoms with E-state index in [2.05, 4.69) is 25.4 Å². The molecule has 0 saturated carbocycles. The zero-order valence-corrected chi connectivity index (χ0v) is 39.2. The number of unbranched alkanes of at least 4 members (excludes halogenated alkanes) is 6. The number of rotatable bonds is 33. The average molecular weight is 1020 g/mol. The van der Waals surface area contributed by atoms with Crippen molar-refractivity contribution in [2.45, 2.75) is 120 Å². The molecule has 0 fully saturated rings. The van der Waals surface area contributed by atoms with Gasteiger partial charge in [0.05, 0.1) is 71.0 Å². The molecule has 69 heavy (non-hydrogen) atoms. The predicted molar refractivity (Wildman–Crippen MR) is 276 cm³/mol. The van der Waals surface area contributed by atoms with Gasteiger partial charge in [-0.2, -0.15) is 0 Å². The largest absolute Gasteiger partial charge is 0.453 e. The number of aliphatic hydroxyl groups is 6. The number of likely N-dealkylation sites (N-methyl/N-ethyl adjacent to an activating group) is 3. The summed E-state index contributed by atoms with van der Waals surface area (Å²) in [5.41, 5.74) is 4.87. The average Bonchev–Trinajstić information content (AvgIpc) is 3.25. The van der Waals surface area contributed by atoms with Gasteiger partial charge in [0.25, 0.3) is 0 Å². The summed E-state index contributed by atoms with van der Waals surface area (Å²) in [5.74, 6) is 0. The number of aliphatic hydroxyl groups excluding tert-OH is 6. The van der Waals surface area contributed by atoms with Crippen molar-refractivity contribution in [1.29, 1.82) is 0 Å². The number of carbonyl (C=O) groups is 2. The van der Waals surface area contributed by atoms with E-state index in [9.17, 15) is 19.2 Å². The smallest absolute Gasteiger partial charge is 0.409 e. The summed E-state index contributed by atoms with van der Waals surface area (Å²) in [7, 11) is 14.3. The standard InChI is InChI=1S/C16H33N3O6.C8H12N2O2.C7H17NO4.C5H13NO2.C3H9NO2.6CH4/c1-19(2)11-14(22-3)12-24-13-25-16(21)18-10-8-6-5-7-9-17-15(20)23-4;11-7-9-5-3-1-2-4-6-10-8-12;1-8(2)3-7(12-6-10)4-11-5-9;1-6(2)3-5(8)4-7;4-1-3(6)2-5;;;;;;/h14H,5-13H2,1-4H3,(H,17,20)(H,18,21);1-6H2;7,9-10H,3-6H2,1-2H3;5,7-8H,3-4H2,1-2H3;3,5-6H,1-2,4H2;6*1H4. The van der Waals surface area contributed by atoms with E-state index in [1.807, 2.05) is 57.0 Å². The lowest BCUT2D eigenvalue weighted by atomic mass is 10.2. The highest BCUT2D eigenvalue weighted by molar-refractivity contribution is 5.67. The molecule has 0 radical (unpaired) electrons. The Bertz CT molecular complexity index is 1040. The molecule has 0 aromatic heterocycles. The van der Waals surface area contributed by atoms with Crippen LogP contribution in [0.2, 0.25) is 0 Å². The van der Waals surface area contributed by atoms with Gasteiger partial charge in [-0.05, 0) is 68.0 Å². The second-order valence-electron chi connectivity index (χ2n) is 14.0. The Morgan fingerprint density at radius 1 is 0.594 bits per heavy atom. The minimum Gasteiger partial charge on any atom is -0.453 e. The summed E-state index contributed by atoms with van der Waals surface area (Å²) >= 11 is 0. The Morgan fingerprint density at radius 2 is 1.01 bits per heavy atom. The van der Waals surface area contributed by atoms with Crippen LogP contribution in [-0.4, -0.2) is 250 Å². The van der Waals surface area contributed by atoms with E-state index >= 15 is 0 Å². The molecule has 0 bridgehead atoms. The van der Waals surface area contributed by atoms with Gasteiger partial charge in [0.1, 0.15) is 13.6 Å². The van der Waals surface area contributed by atoms with Crippen LogP contribution in [0.4, 0.5) is 9.59 Å². The molecule has 4 unspecified atom stereocenters. The van der Waals surface area contributed by atoms with Crippen molar-refractivity contribution in [2.24, 2.45) is 15.7 Å². The Kier molecular flexibility index (Phi) is 102. The van der Waals surface area contributed by atoms with Crippen molar-refractivity contribution in [3.8, 4) is 0 Å². The fourth-order valence-corrected chi connectivity index (χ4v) is 4.22. The molecule has 0 heterocycles. The van der Waals surface area contributed by atoms with E-state index in [4.69, 9.17) is 60.1 Å². The molecule has 0 aromatic carbocycles. The van der Waals surface area contributed by atoms with E-state index in [1.54, 1.807) is 7.11 Å². The van der Waals surface area contributed by atoms with Crippen molar-refractivity contribution in [2.75, 3.05) is 156 Å². The summed E-state index contributed by atoms with van der Waals surface area (Å²) < 4.78 is 29.6. The topological polar surface area (TPSA) is 330 Å². The van der Waals surface area contributed by atoms with Gasteiger partial charge >= 0.3 is 12.2 Å². The van der Waals surface area contributed by atoms with Gasteiger partial charge in [-0.15, -0.1) is 0 Å². The lowest BCUT2D eigenvalue weighted by Gasteiger charge is -2.19. The highest BCUT2D eigenvalue weighted by Crippen LogP contribution is 2.00. The summed E-state index contributed by atoms with van der Waals surface area (Å²) in [6, 6.07) is 0. The zero-order valence-electron chi connectivity index (χ0n) is 39.2. The fraction of sp³-hybridized carbons (Fsp3) is 0.911. The molecule has 4 atom stereocenters. The van der Waals surface area contributed by atoms with Crippen LogP contribution in [0.15, 0.2) is 9.98 Å². The van der Waals surface area contributed by atoms with Gasteiger partial charge in [0, 0.05) is 46.4 Å². The van der Waals surface area contributed by atoms with Crippen molar-refractivity contribution in [3.63, 3.8) is 0 Å². The molecule has 24 nitrogen and oxygen atoms in total. The van der Waals surface area contributed by atoms with Crippen LogP contribution in [0.25, 0.3) is 0 Å². The third kappa shape index (κ3) is 91.6. The van der Waals surface area contributed by atoms with E-state index in [1.165, 1.54) is 19.3 Å². The normalized spacial score (nSPS) is 11.1. The van der Waals surface area contributed by atoms with Gasteiger partial charge < -0.3 is 90.1 Å². The van der Waals surface area contributed by atoms with Crippen LogP contribution in [0, 0.1) is 0 Å². The quantitative estimate of drug-likeness (QED) is 0.0197. The first-order valence-corrected chi connectivity index (χ1v) is 20.6. The maximum absolute atomic E-state index is 11.5. The SMILES string of the molecule is C.C.C.C.C.C.CN(C)CC(COCO)OCO.CN(C)CC(O)CO.COC(=O)NCCCCCCNC(=O)OCOCC(CN(C)C)OC.NCC(O)CO.O=C=NCCCCCCN=C=O. The van der Waals surface area contributed by atoms with E-state index in [0.29, 0.717) is 45.9 Å². The number of aliphatic imine (C=N–C) groups is 2. The first-order valence-electron chi connectivity index (χ1n) is 20.6. The van der Waals surface area contributed by atoms with Crippen LogP contribution in [0.1, 0.15) is 95.9 Å². The molecule has 0 rings (SSSR count). The van der Waals surface area contributed by atoms with Crippen molar-refractivity contribution in [1.82, 2.24) is 25.3 Å². The number of methoxy groups -OCH3 is 2. The zero-order chi connectivity index (χ0) is 48.9. The molecule has 0 saturated heterocycles. The van der Waals surface area contributed by atoms with Gasteiger partial charge in [-0.25, -0.2) is 29.2 Å². The number of hydrogen-bond acceptors (Lipinski definition) is 22. The maximum atomic E-state index is 11.5. The fourth-order valence-electron chi connectivity index (χ4n) is 4.22. The highest BCUT2D eigenvalue weighted by Gasteiger charge is 2.11. The molecule has 0 aliphatic carbocycles. The maximum Gasteiger partial charge on any atom is 0.409 e. The summed E-state index contributed by atoms with van der Waals surface area (Å²) in [4.78, 5) is 54.1. The number of amides is 2. The van der Waals surface area contributed by atoms with Gasteiger partial charge in [-0.1, -0.05) is 70.2 Å². The number of ether oxygens (including phenoxy) is 6. The summed E-state index contributed by atoms with van der Waals surface area (Å²) in [6.45, 7) is 3.81. The highest BCUT2D eigenvalue weighted by atomic mass is 16.7. The van der Waals surface area contributed by atoms with Gasteiger partial charge in [-0.3, -0.25) is 0 Å². The number of isocyanates is 2. The van der Waals surface area contributed by atoms with Crippen molar-refractivity contribution < 1.29 is 78.2 Å². The molecule has 424 valence electrons. The molecule has 0 aliphatic heterocycles. The molecular weight excluding hydrogens is 909 g/mol. The molecule has 2 amide bonds. The molecule has 24 heteroatoms. The second kappa shape index (κ2) is 76.2. The monoisotopic (exact) mass is 1020 g/mol. The summed E-state index contributed by atoms with van der Waals surface area (Å²) in [5, 5.41) is 55.5. The lowest BCUT2D eigenvalue weighted by molar-refractivity contribution is -0.108. The van der Waals surface area contributed by atoms with Crippen LogP contribution in [-0.2, 0) is 38.0 Å². The number of carbonyl (C=O) groups excluding carboxylic acids is 4.